The van der Waals surface area contributed by atoms with E-state index in [1.54, 1.807) is 36.3 Å². The Labute approximate surface area is 259 Å². The SMILES string of the molecule is CC12C=CC(=O)C=C1C(F)CC1C3CC4CN(c5ccc(Cl)cc5)OC4(C(=O)COC(=O)C4CCCN4)C3(C)CC(O)C12F. The fourth-order valence-corrected chi connectivity index (χ4v) is 9.87. The number of fused-ring (bicyclic) bond motifs is 7. The minimum atomic E-state index is -2.28. The summed E-state index contributed by atoms with van der Waals surface area (Å²) in [6.45, 7) is 3.82. The number of aliphatic hydroxyl groups excluding tert-OH is 1. The number of alkyl halides is 2. The normalized spacial score (nSPS) is 44.0. The van der Waals surface area contributed by atoms with E-state index in [0.29, 0.717) is 30.1 Å². The lowest BCUT2D eigenvalue weighted by molar-refractivity contribution is -0.228. The molecule has 10 atom stereocenters. The summed E-state index contributed by atoms with van der Waals surface area (Å²) < 4.78 is 39.2. The van der Waals surface area contributed by atoms with Crippen molar-refractivity contribution in [3.05, 3.63) is 53.1 Å². The van der Waals surface area contributed by atoms with E-state index in [9.17, 15) is 19.5 Å². The third kappa shape index (κ3) is 3.93. The number of hydrogen-bond donors (Lipinski definition) is 2. The number of benzene rings is 1. The van der Waals surface area contributed by atoms with Crippen LogP contribution in [0.5, 0.6) is 0 Å². The van der Waals surface area contributed by atoms with Gasteiger partial charge in [-0.3, -0.25) is 24.3 Å². The molecule has 6 aliphatic rings. The number of ketones is 2. The van der Waals surface area contributed by atoms with Crippen LogP contribution in [0.3, 0.4) is 0 Å². The number of allylic oxidation sites excluding steroid dienone is 4. The number of nitrogens with one attached hydrogen (secondary N) is 1. The average Bonchev–Trinajstić information content (AvgIpc) is 3.71. The van der Waals surface area contributed by atoms with Gasteiger partial charge < -0.3 is 15.2 Å². The molecule has 2 aliphatic heterocycles. The van der Waals surface area contributed by atoms with Crippen molar-refractivity contribution in [2.75, 3.05) is 24.8 Å². The molecule has 10 unspecified atom stereocenters. The molecule has 236 valence electrons. The van der Waals surface area contributed by atoms with Gasteiger partial charge in [0.1, 0.15) is 12.2 Å². The second-order valence-electron chi connectivity index (χ2n) is 13.8. The summed E-state index contributed by atoms with van der Waals surface area (Å²) >= 11 is 6.12. The molecular weight excluding hydrogens is 594 g/mol. The molecule has 5 fully saturated rings. The van der Waals surface area contributed by atoms with Crippen molar-refractivity contribution in [1.29, 1.82) is 0 Å². The zero-order chi connectivity index (χ0) is 31.2. The Kier molecular flexibility index (Phi) is 6.94. The highest BCUT2D eigenvalue weighted by molar-refractivity contribution is 6.30. The number of nitrogens with zero attached hydrogens (tertiary/aromatic N) is 1. The Morgan fingerprint density at radius 2 is 1.95 bits per heavy atom. The van der Waals surface area contributed by atoms with Crippen molar-refractivity contribution in [2.45, 2.75) is 75.5 Å². The molecule has 1 aromatic rings. The van der Waals surface area contributed by atoms with Gasteiger partial charge in [-0.05, 0) is 93.5 Å². The van der Waals surface area contributed by atoms with Crippen molar-refractivity contribution < 1.29 is 37.8 Å². The molecular formula is C33H37ClF2N2O6. The van der Waals surface area contributed by atoms with Crippen molar-refractivity contribution >= 4 is 34.8 Å². The smallest absolute Gasteiger partial charge is 0.323 e. The molecule has 1 aromatic carbocycles. The zero-order valence-corrected chi connectivity index (χ0v) is 25.5. The number of ether oxygens (including phenoxy) is 1. The number of esters is 1. The number of halogens is 3. The monoisotopic (exact) mass is 630 g/mol. The van der Waals surface area contributed by atoms with Gasteiger partial charge in [-0.2, -0.15) is 0 Å². The molecule has 8 nitrogen and oxygen atoms in total. The van der Waals surface area contributed by atoms with Crippen molar-refractivity contribution in [3.8, 4) is 0 Å². The van der Waals surface area contributed by atoms with Crippen LogP contribution in [0.25, 0.3) is 0 Å². The first-order chi connectivity index (χ1) is 20.8. The molecule has 0 amide bonds. The van der Waals surface area contributed by atoms with Crippen molar-refractivity contribution in [2.24, 2.45) is 28.6 Å². The van der Waals surface area contributed by atoms with Crippen LogP contribution in [0.2, 0.25) is 5.02 Å². The Hall–Kier alpha value is -2.66. The van der Waals surface area contributed by atoms with Gasteiger partial charge in [-0.25, -0.2) is 8.78 Å². The van der Waals surface area contributed by atoms with Crippen LogP contribution in [0.4, 0.5) is 14.5 Å². The second-order valence-corrected chi connectivity index (χ2v) is 14.3. The number of aliphatic hydroxyl groups is 1. The highest BCUT2D eigenvalue weighted by atomic mass is 35.5. The summed E-state index contributed by atoms with van der Waals surface area (Å²) in [7, 11) is 0. The van der Waals surface area contributed by atoms with Gasteiger partial charge in [-0.1, -0.05) is 24.6 Å². The van der Waals surface area contributed by atoms with Gasteiger partial charge in [0, 0.05) is 27.7 Å². The largest absolute Gasteiger partial charge is 0.456 e. The summed E-state index contributed by atoms with van der Waals surface area (Å²) in [5.74, 6) is -3.33. The standard InChI is InChI=1S/C33H37ClF2N2O6/c1-30-10-9-21(39)13-24(30)25(35)14-23-22-12-18-16-38(20-7-5-19(34)6-8-20)44-33(18,31(22,2)15-27(40)32(23,30)36)28(41)17-43-29(42)26-4-3-11-37-26/h5-10,13,18,22-23,25-27,37,40H,3-4,11-12,14-17H2,1-2H3. The summed E-state index contributed by atoms with van der Waals surface area (Å²) in [5, 5.41) is 17.0. The fourth-order valence-electron chi connectivity index (χ4n) is 9.74. The lowest BCUT2D eigenvalue weighted by Crippen LogP contribution is -2.70. The molecule has 0 aromatic heterocycles. The second kappa shape index (κ2) is 10.2. The Balaban J connectivity index is 1.27. The van der Waals surface area contributed by atoms with E-state index < -0.39 is 82.3 Å². The predicted octanol–water partition coefficient (Wildman–Crippen LogP) is 4.24. The number of carbonyl (C=O) groups excluding carboxylic acids is 3. The first-order valence-corrected chi connectivity index (χ1v) is 15.8. The number of rotatable bonds is 5. The first kappa shape index (κ1) is 30.0. The van der Waals surface area contributed by atoms with Crippen LogP contribution < -0.4 is 10.4 Å². The van der Waals surface area contributed by atoms with Gasteiger partial charge >= 0.3 is 5.97 Å². The van der Waals surface area contributed by atoms with Gasteiger partial charge in [0.15, 0.2) is 23.7 Å². The van der Waals surface area contributed by atoms with E-state index in [2.05, 4.69) is 5.32 Å². The van der Waals surface area contributed by atoms with Gasteiger partial charge in [-0.15, -0.1) is 0 Å². The molecule has 3 saturated carbocycles. The molecule has 11 heteroatoms. The lowest BCUT2D eigenvalue weighted by Gasteiger charge is -2.63. The third-order valence-corrected chi connectivity index (χ3v) is 12.1. The van der Waals surface area contributed by atoms with Crippen LogP contribution >= 0.6 is 11.6 Å². The Bertz CT molecular complexity index is 1460. The summed E-state index contributed by atoms with van der Waals surface area (Å²) in [5.41, 5.74) is -5.78. The molecule has 2 saturated heterocycles. The molecule has 7 rings (SSSR count). The van der Waals surface area contributed by atoms with E-state index >= 15 is 8.78 Å². The van der Waals surface area contributed by atoms with Crippen molar-refractivity contribution in [1.82, 2.24) is 5.32 Å². The van der Waals surface area contributed by atoms with Gasteiger partial charge in [0.05, 0.1) is 18.3 Å². The Morgan fingerprint density at radius 3 is 2.66 bits per heavy atom. The summed E-state index contributed by atoms with van der Waals surface area (Å²) in [6.07, 6.45) is 2.07. The molecule has 0 bridgehead atoms. The number of anilines is 1. The molecule has 4 aliphatic carbocycles. The Morgan fingerprint density at radius 1 is 1.20 bits per heavy atom. The van der Waals surface area contributed by atoms with Crippen molar-refractivity contribution in [3.63, 3.8) is 0 Å². The number of hydroxylamine groups is 1. The van der Waals surface area contributed by atoms with Crippen LogP contribution in [0.15, 0.2) is 48.1 Å². The highest BCUT2D eigenvalue weighted by Crippen LogP contribution is 2.72. The fraction of sp³-hybridized carbons (Fsp3) is 0.606. The van der Waals surface area contributed by atoms with E-state index in [-0.39, 0.29) is 25.0 Å². The maximum absolute atomic E-state index is 17.7. The zero-order valence-electron chi connectivity index (χ0n) is 24.7. The molecule has 2 heterocycles. The van der Waals surface area contributed by atoms with E-state index in [0.717, 1.165) is 12.5 Å². The number of hydrogen-bond acceptors (Lipinski definition) is 8. The molecule has 44 heavy (non-hydrogen) atoms. The predicted molar refractivity (Wildman–Crippen MR) is 157 cm³/mol. The first-order valence-electron chi connectivity index (χ1n) is 15.5. The topological polar surface area (TPSA) is 105 Å². The maximum Gasteiger partial charge on any atom is 0.323 e. The quantitative estimate of drug-likeness (QED) is 0.466. The van der Waals surface area contributed by atoms with E-state index in [4.69, 9.17) is 21.2 Å². The van der Waals surface area contributed by atoms with Crippen LogP contribution in [0.1, 0.15) is 46.0 Å². The third-order valence-electron chi connectivity index (χ3n) is 11.8. The molecule has 0 spiro atoms. The van der Waals surface area contributed by atoms with E-state index in [1.807, 2.05) is 6.92 Å². The summed E-state index contributed by atoms with van der Waals surface area (Å²) in [4.78, 5) is 46.0. The molecule has 2 N–H and O–H groups in total. The average molecular weight is 631 g/mol. The number of Topliss-reactive ketones (excluding diaryl/α,β-unsaturated/α-hetero) is 1. The van der Waals surface area contributed by atoms with Gasteiger partial charge in [0.25, 0.3) is 0 Å². The number of carbonyl (C=O) groups is 3. The van der Waals surface area contributed by atoms with Crippen LogP contribution in [-0.4, -0.2) is 71.9 Å². The van der Waals surface area contributed by atoms with E-state index in [1.165, 1.54) is 12.2 Å². The van der Waals surface area contributed by atoms with Gasteiger partial charge in [0.2, 0.25) is 5.78 Å². The highest BCUT2D eigenvalue weighted by Gasteiger charge is 2.79. The minimum Gasteiger partial charge on any atom is -0.456 e. The summed E-state index contributed by atoms with van der Waals surface area (Å²) in [6, 6.07) is 6.49. The van der Waals surface area contributed by atoms with Crippen LogP contribution in [0, 0.1) is 28.6 Å². The minimum absolute atomic E-state index is 0.0491. The van der Waals surface area contributed by atoms with Crippen LogP contribution in [-0.2, 0) is 24.0 Å². The maximum atomic E-state index is 17.7. The molecule has 0 radical (unpaired) electrons. The lowest BCUT2D eigenvalue weighted by atomic mass is 9.44.